The summed E-state index contributed by atoms with van der Waals surface area (Å²) in [4.78, 5) is 26.5. The molecule has 24 heavy (non-hydrogen) atoms. The highest BCUT2D eigenvalue weighted by Gasteiger charge is 2.43. The first kappa shape index (κ1) is 17.0. The lowest BCUT2D eigenvalue weighted by Crippen LogP contribution is -2.49. The van der Waals surface area contributed by atoms with E-state index in [2.05, 4.69) is 0 Å². The van der Waals surface area contributed by atoms with Crippen LogP contribution in [0.15, 0.2) is 30.3 Å². The molecule has 0 radical (unpaired) electrons. The van der Waals surface area contributed by atoms with Crippen molar-refractivity contribution in [2.45, 2.75) is 51.4 Å². The van der Waals surface area contributed by atoms with Gasteiger partial charge in [-0.2, -0.15) is 0 Å². The molecule has 1 saturated carbocycles. The molecular formula is C20H27NO3. The number of carbonyl (C=O) groups is 2. The number of carboxylic acids is 1. The highest BCUT2D eigenvalue weighted by atomic mass is 16.4. The van der Waals surface area contributed by atoms with Crippen molar-refractivity contribution >= 4 is 11.9 Å². The Hall–Kier alpha value is -1.84. The quantitative estimate of drug-likeness (QED) is 0.920. The van der Waals surface area contributed by atoms with Crippen molar-refractivity contribution in [3.05, 3.63) is 35.9 Å². The maximum absolute atomic E-state index is 12.7. The average molecular weight is 329 g/mol. The van der Waals surface area contributed by atoms with Crippen LogP contribution in [-0.2, 0) is 16.0 Å². The minimum Gasteiger partial charge on any atom is -0.481 e. The van der Waals surface area contributed by atoms with Gasteiger partial charge in [-0.3, -0.25) is 9.59 Å². The van der Waals surface area contributed by atoms with Gasteiger partial charge in [0.2, 0.25) is 5.91 Å². The standard InChI is InChI=1S/C20H27NO3/c22-18(17-9-5-2-6-10-17)21-13-11-20(12-14-21,19(23)24)15-16-7-3-1-4-8-16/h1,3-4,7-8,17H,2,5-6,9-15H2,(H,23,24). The summed E-state index contributed by atoms with van der Waals surface area (Å²) in [5, 5.41) is 9.82. The molecule has 1 saturated heterocycles. The molecule has 1 aromatic carbocycles. The highest BCUT2D eigenvalue weighted by Crippen LogP contribution is 2.37. The first-order chi connectivity index (χ1) is 11.6. The second kappa shape index (κ2) is 7.37. The minimum atomic E-state index is -0.731. The van der Waals surface area contributed by atoms with E-state index in [1.165, 1.54) is 6.42 Å². The predicted octanol–water partition coefficient (Wildman–Crippen LogP) is 3.50. The van der Waals surface area contributed by atoms with Crippen molar-refractivity contribution in [2.75, 3.05) is 13.1 Å². The van der Waals surface area contributed by atoms with Gasteiger partial charge in [0.25, 0.3) is 0 Å². The summed E-state index contributed by atoms with van der Waals surface area (Å²) in [6, 6.07) is 9.83. The minimum absolute atomic E-state index is 0.171. The van der Waals surface area contributed by atoms with Gasteiger partial charge in [-0.05, 0) is 37.7 Å². The first-order valence-electron chi connectivity index (χ1n) is 9.17. The van der Waals surface area contributed by atoms with Gasteiger partial charge >= 0.3 is 5.97 Å². The number of carboxylic acid groups (broad SMARTS) is 1. The van der Waals surface area contributed by atoms with Crippen LogP contribution in [0.1, 0.15) is 50.5 Å². The zero-order chi connectivity index (χ0) is 17.0. The van der Waals surface area contributed by atoms with Crippen LogP contribution in [0.4, 0.5) is 0 Å². The Labute approximate surface area is 143 Å². The Morgan fingerprint density at radius 3 is 2.25 bits per heavy atom. The molecule has 1 aromatic rings. The number of rotatable bonds is 4. The molecule has 1 aliphatic heterocycles. The maximum atomic E-state index is 12.7. The third-order valence-corrected chi connectivity index (χ3v) is 5.83. The van der Waals surface area contributed by atoms with E-state index >= 15 is 0 Å². The normalized spacial score (nSPS) is 21.4. The van der Waals surface area contributed by atoms with Crippen LogP contribution in [-0.4, -0.2) is 35.0 Å². The largest absolute Gasteiger partial charge is 0.481 e. The van der Waals surface area contributed by atoms with E-state index in [0.717, 1.165) is 31.2 Å². The van der Waals surface area contributed by atoms with Gasteiger partial charge in [0.05, 0.1) is 5.41 Å². The Balaban J connectivity index is 1.64. The third-order valence-electron chi connectivity index (χ3n) is 5.83. The average Bonchev–Trinajstić information content (AvgIpc) is 2.63. The Bertz CT molecular complexity index is 570. The molecule has 0 bridgehead atoms. The third kappa shape index (κ3) is 3.63. The molecule has 1 amide bonds. The molecule has 2 fully saturated rings. The fraction of sp³-hybridized carbons (Fsp3) is 0.600. The molecular weight excluding hydrogens is 302 g/mol. The molecule has 130 valence electrons. The molecule has 4 heteroatoms. The molecule has 3 rings (SSSR count). The van der Waals surface area contributed by atoms with E-state index < -0.39 is 11.4 Å². The second-order valence-corrected chi connectivity index (χ2v) is 7.41. The molecule has 1 heterocycles. The summed E-state index contributed by atoms with van der Waals surface area (Å²) in [5.41, 5.74) is 0.331. The number of nitrogens with zero attached hydrogens (tertiary/aromatic N) is 1. The number of aliphatic carboxylic acids is 1. The zero-order valence-electron chi connectivity index (χ0n) is 14.2. The van der Waals surface area contributed by atoms with Crippen LogP contribution in [0.5, 0.6) is 0 Å². The Morgan fingerprint density at radius 1 is 1.04 bits per heavy atom. The summed E-state index contributed by atoms with van der Waals surface area (Å²) in [6.07, 6.45) is 7.20. The molecule has 1 aliphatic carbocycles. The van der Waals surface area contributed by atoms with Crippen LogP contribution in [0, 0.1) is 11.3 Å². The van der Waals surface area contributed by atoms with E-state index in [-0.39, 0.29) is 11.8 Å². The van der Waals surface area contributed by atoms with Crippen LogP contribution in [0.25, 0.3) is 0 Å². The number of carbonyl (C=O) groups excluding carboxylic acids is 1. The number of hydrogen-bond acceptors (Lipinski definition) is 2. The van der Waals surface area contributed by atoms with Crippen LogP contribution in [0.2, 0.25) is 0 Å². The lowest BCUT2D eigenvalue weighted by Gasteiger charge is -2.40. The predicted molar refractivity (Wildman–Crippen MR) is 92.6 cm³/mol. The van der Waals surface area contributed by atoms with Crippen molar-refractivity contribution in [1.82, 2.24) is 4.90 Å². The SMILES string of the molecule is O=C(C1CCCCC1)N1CCC(Cc2ccccc2)(C(=O)O)CC1. The molecule has 0 atom stereocenters. The van der Waals surface area contributed by atoms with Gasteiger partial charge in [0.15, 0.2) is 0 Å². The topological polar surface area (TPSA) is 57.6 Å². The van der Waals surface area contributed by atoms with Crippen LogP contribution in [0.3, 0.4) is 0 Å². The molecule has 0 unspecified atom stereocenters. The van der Waals surface area contributed by atoms with Crippen molar-refractivity contribution in [2.24, 2.45) is 11.3 Å². The second-order valence-electron chi connectivity index (χ2n) is 7.41. The maximum Gasteiger partial charge on any atom is 0.310 e. The van der Waals surface area contributed by atoms with Gasteiger partial charge in [0.1, 0.15) is 0 Å². The number of benzene rings is 1. The summed E-state index contributed by atoms with van der Waals surface area (Å²) < 4.78 is 0. The van der Waals surface area contributed by atoms with E-state index in [0.29, 0.717) is 32.4 Å². The van der Waals surface area contributed by atoms with Gasteiger partial charge in [-0.15, -0.1) is 0 Å². The van der Waals surface area contributed by atoms with Crippen molar-refractivity contribution < 1.29 is 14.7 Å². The summed E-state index contributed by atoms with van der Waals surface area (Å²) >= 11 is 0. The first-order valence-corrected chi connectivity index (χ1v) is 9.17. The lowest BCUT2D eigenvalue weighted by molar-refractivity contribution is -0.155. The fourth-order valence-corrected chi connectivity index (χ4v) is 4.22. The van der Waals surface area contributed by atoms with Gasteiger partial charge in [-0.25, -0.2) is 0 Å². The van der Waals surface area contributed by atoms with Gasteiger partial charge < -0.3 is 10.0 Å². The van der Waals surface area contributed by atoms with Gasteiger partial charge in [0, 0.05) is 19.0 Å². The summed E-state index contributed by atoms with van der Waals surface area (Å²) in [6.45, 7) is 1.16. The molecule has 0 aromatic heterocycles. The van der Waals surface area contributed by atoms with Crippen molar-refractivity contribution in [1.29, 1.82) is 0 Å². The molecule has 1 N–H and O–H groups in total. The molecule has 2 aliphatic rings. The van der Waals surface area contributed by atoms with E-state index in [1.807, 2.05) is 35.2 Å². The molecule has 0 spiro atoms. The van der Waals surface area contributed by atoms with Gasteiger partial charge in [-0.1, -0.05) is 49.6 Å². The zero-order valence-corrected chi connectivity index (χ0v) is 14.2. The Morgan fingerprint density at radius 2 is 1.67 bits per heavy atom. The van der Waals surface area contributed by atoms with Crippen LogP contribution < -0.4 is 0 Å². The van der Waals surface area contributed by atoms with Crippen molar-refractivity contribution in [3.8, 4) is 0 Å². The monoisotopic (exact) mass is 329 g/mol. The highest BCUT2D eigenvalue weighted by molar-refractivity contribution is 5.80. The Kier molecular flexibility index (Phi) is 5.22. The number of piperidine rings is 1. The van der Waals surface area contributed by atoms with Crippen molar-refractivity contribution in [3.63, 3.8) is 0 Å². The number of likely N-dealkylation sites (tertiary alicyclic amines) is 1. The lowest BCUT2D eigenvalue weighted by atomic mass is 9.73. The fourth-order valence-electron chi connectivity index (χ4n) is 4.22. The number of amides is 1. The van der Waals surface area contributed by atoms with E-state index in [9.17, 15) is 14.7 Å². The van der Waals surface area contributed by atoms with E-state index in [4.69, 9.17) is 0 Å². The summed E-state index contributed by atoms with van der Waals surface area (Å²) in [7, 11) is 0. The molecule has 4 nitrogen and oxygen atoms in total. The summed E-state index contributed by atoms with van der Waals surface area (Å²) in [5.74, 6) is -0.297. The smallest absolute Gasteiger partial charge is 0.310 e. The van der Waals surface area contributed by atoms with Crippen LogP contribution >= 0.6 is 0 Å². The van der Waals surface area contributed by atoms with E-state index in [1.54, 1.807) is 0 Å². The number of hydrogen-bond donors (Lipinski definition) is 1.